The topological polar surface area (TPSA) is 102 Å². The third kappa shape index (κ3) is 2.66. The van der Waals surface area contributed by atoms with Gasteiger partial charge in [0.2, 0.25) is 0 Å². The lowest BCUT2D eigenvalue weighted by Gasteiger charge is -2.08. The van der Waals surface area contributed by atoms with Crippen molar-refractivity contribution in [2.24, 2.45) is 0 Å². The quantitative estimate of drug-likeness (QED) is 0.524. The lowest BCUT2D eigenvalue weighted by atomic mass is 10.2. The number of nitro groups is 1. The van der Waals surface area contributed by atoms with Crippen molar-refractivity contribution in [3.05, 3.63) is 40.1 Å². The molecule has 0 radical (unpaired) electrons. The average Bonchev–Trinajstić information content (AvgIpc) is 2.80. The number of nitro benzene ring substituents is 1. The van der Waals surface area contributed by atoms with Gasteiger partial charge in [0.1, 0.15) is 5.69 Å². The number of fused-ring (bicyclic) bond motifs is 1. The number of Topliss-reactive ketones (excluding diaryl/α,β-unsaturated/α-hetero) is 1. The molecule has 1 atom stereocenters. The fourth-order valence-corrected chi connectivity index (χ4v) is 1.65. The summed E-state index contributed by atoms with van der Waals surface area (Å²) in [5.74, 6) is -0.934. The number of carbonyl (C=O) groups is 2. The first kappa shape index (κ1) is 13.7. The van der Waals surface area contributed by atoms with Crippen molar-refractivity contribution in [2.45, 2.75) is 20.0 Å². The molecule has 2 aromatic rings. The highest BCUT2D eigenvalue weighted by atomic mass is 16.6. The van der Waals surface area contributed by atoms with Gasteiger partial charge < -0.3 is 9.72 Å². The molecule has 7 heteroatoms. The summed E-state index contributed by atoms with van der Waals surface area (Å²) in [7, 11) is 0. The van der Waals surface area contributed by atoms with Gasteiger partial charge in [-0.1, -0.05) is 0 Å². The number of nitrogens with one attached hydrogen (secondary N) is 1. The Morgan fingerprint density at radius 1 is 1.35 bits per heavy atom. The van der Waals surface area contributed by atoms with Crippen molar-refractivity contribution < 1.29 is 19.2 Å². The Morgan fingerprint density at radius 2 is 2.05 bits per heavy atom. The van der Waals surface area contributed by atoms with E-state index in [4.69, 9.17) is 4.74 Å². The van der Waals surface area contributed by atoms with Gasteiger partial charge in [-0.25, -0.2) is 4.79 Å². The zero-order valence-corrected chi connectivity index (χ0v) is 10.9. The van der Waals surface area contributed by atoms with Crippen LogP contribution in [0, 0.1) is 10.1 Å². The second-order valence-electron chi connectivity index (χ2n) is 4.37. The van der Waals surface area contributed by atoms with Gasteiger partial charge in [-0.05, 0) is 26.0 Å². The number of hydrogen-bond donors (Lipinski definition) is 1. The van der Waals surface area contributed by atoms with Crippen LogP contribution in [0.15, 0.2) is 24.3 Å². The monoisotopic (exact) mass is 276 g/mol. The predicted molar refractivity (Wildman–Crippen MR) is 70.5 cm³/mol. The van der Waals surface area contributed by atoms with Gasteiger partial charge in [-0.15, -0.1) is 0 Å². The van der Waals surface area contributed by atoms with Crippen LogP contribution in [0.3, 0.4) is 0 Å². The first-order valence-electron chi connectivity index (χ1n) is 5.87. The summed E-state index contributed by atoms with van der Waals surface area (Å²) in [6, 6.07) is 5.67. The maximum atomic E-state index is 11.8. The Hall–Kier alpha value is -2.70. The van der Waals surface area contributed by atoms with Gasteiger partial charge in [-0.3, -0.25) is 14.9 Å². The van der Waals surface area contributed by atoms with Crippen molar-refractivity contribution >= 4 is 28.3 Å². The van der Waals surface area contributed by atoms with Crippen LogP contribution < -0.4 is 0 Å². The highest BCUT2D eigenvalue weighted by Crippen LogP contribution is 2.22. The molecule has 1 N–H and O–H groups in total. The van der Waals surface area contributed by atoms with E-state index in [1.165, 1.54) is 38.1 Å². The number of ether oxygens (including phenoxy) is 1. The second kappa shape index (κ2) is 5.12. The summed E-state index contributed by atoms with van der Waals surface area (Å²) in [6.07, 6.45) is -0.830. The molecule has 0 saturated heterocycles. The summed E-state index contributed by atoms with van der Waals surface area (Å²) in [5, 5.41) is 11.2. The third-order valence-corrected chi connectivity index (χ3v) is 2.89. The maximum absolute atomic E-state index is 11.8. The zero-order chi connectivity index (χ0) is 14.9. The molecule has 1 heterocycles. The number of hydrogen-bond acceptors (Lipinski definition) is 5. The molecule has 104 valence electrons. The standard InChI is InChI=1S/C13H12N2O5/c1-7(16)8(2)20-13(17)12-6-9-5-10(15(18)19)3-4-11(9)14-12/h3-6,8,14H,1-2H3/t8-/m0/s1. The molecule has 0 unspecified atom stereocenters. The number of non-ortho nitro benzene ring substituents is 1. The summed E-state index contributed by atoms with van der Waals surface area (Å²) < 4.78 is 4.95. The number of esters is 1. The van der Waals surface area contributed by atoms with Crippen LogP contribution in [0.5, 0.6) is 0 Å². The lowest BCUT2D eigenvalue weighted by Crippen LogP contribution is -2.21. The van der Waals surface area contributed by atoms with Gasteiger partial charge >= 0.3 is 5.97 Å². The Balaban J connectivity index is 2.29. The Bertz CT molecular complexity index is 704. The van der Waals surface area contributed by atoms with Crippen LogP contribution in [0.25, 0.3) is 10.9 Å². The van der Waals surface area contributed by atoms with E-state index in [9.17, 15) is 19.7 Å². The molecule has 0 fully saturated rings. The molecule has 0 aliphatic heterocycles. The van der Waals surface area contributed by atoms with Crippen LogP contribution >= 0.6 is 0 Å². The number of nitrogens with zero attached hydrogens (tertiary/aromatic N) is 1. The predicted octanol–water partition coefficient (Wildman–Crippen LogP) is 2.21. The van der Waals surface area contributed by atoms with Crippen LogP contribution in [0.4, 0.5) is 5.69 Å². The molecule has 20 heavy (non-hydrogen) atoms. The number of aromatic amines is 1. The normalized spacial score (nSPS) is 12.1. The minimum absolute atomic E-state index is 0.0616. The molecule has 1 aromatic heterocycles. The SMILES string of the molecule is CC(=O)[C@H](C)OC(=O)c1cc2cc([N+](=O)[O-])ccc2[nH]1. The van der Waals surface area contributed by atoms with Crippen molar-refractivity contribution in [1.82, 2.24) is 4.98 Å². The van der Waals surface area contributed by atoms with Crippen LogP contribution in [0.1, 0.15) is 24.3 Å². The fraction of sp³-hybridized carbons (Fsp3) is 0.231. The lowest BCUT2D eigenvalue weighted by molar-refractivity contribution is -0.384. The number of aromatic nitrogens is 1. The summed E-state index contributed by atoms with van der Waals surface area (Å²) >= 11 is 0. The first-order valence-corrected chi connectivity index (χ1v) is 5.87. The van der Waals surface area contributed by atoms with E-state index in [-0.39, 0.29) is 17.2 Å². The number of benzene rings is 1. The zero-order valence-electron chi connectivity index (χ0n) is 10.9. The minimum Gasteiger partial charge on any atom is -0.450 e. The minimum atomic E-state index is -0.830. The van der Waals surface area contributed by atoms with Crippen molar-refractivity contribution in [1.29, 1.82) is 0 Å². The smallest absolute Gasteiger partial charge is 0.355 e. The Labute approximate surface area is 113 Å². The molecular formula is C13H12N2O5. The van der Waals surface area contributed by atoms with E-state index in [2.05, 4.69) is 4.98 Å². The van der Waals surface area contributed by atoms with E-state index in [0.717, 1.165) is 0 Å². The number of ketones is 1. The number of carbonyl (C=O) groups excluding carboxylic acids is 2. The van der Waals surface area contributed by atoms with Crippen molar-refractivity contribution in [3.8, 4) is 0 Å². The Kier molecular flexibility index (Phi) is 3.51. The molecular weight excluding hydrogens is 264 g/mol. The van der Waals surface area contributed by atoms with Crippen molar-refractivity contribution in [3.63, 3.8) is 0 Å². The molecule has 7 nitrogen and oxygen atoms in total. The van der Waals surface area contributed by atoms with E-state index >= 15 is 0 Å². The summed E-state index contributed by atoms with van der Waals surface area (Å²) in [5.41, 5.74) is 0.667. The second-order valence-corrected chi connectivity index (χ2v) is 4.37. The largest absolute Gasteiger partial charge is 0.450 e. The average molecular weight is 276 g/mol. The van der Waals surface area contributed by atoms with Gasteiger partial charge in [-0.2, -0.15) is 0 Å². The van der Waals surface area contributed by atoms with E-state index < -0.39 is 17.0 Å². The van der Waals surface area contributed by atoms with E-state index in [0.29, 0.717) is 10.9 Å². The van der Waals surface area contributed by atoms with Gasteiger partial charge in [0.15, 0.2) is 11.9 Å². The third-order valence-electron chi connectivity index (χ3n) is 2.89. The van der Waals surface area contributed by atoms with E-state index in [1.807, 2.05) is 0 Å². The van der Waals surface area contributed by atoms with Gasteiger partial charge in [0, 0.05) is 23.0 Å². The highest BCUT2D eigenvalue weighted by molar-refractivity contribution is 5.96. The molecule has 0 saturated carbocycles. The number of rotatable bonds is 4. The fourth-order valence-electron chi connectivity index (χ4n) is 1.65. The summed E-state index contributed by atoms with van der Waals surface area (Å²) in [6.45, 7) is 2.81. The van der Waals surface area contributed by atoms with Crippen LogP contribution in [0.2, 0.25) is 0 Å². The first-order chi connectivity index (χ1) is 9.38. The molecule has 1 aromatic carbocycles. The van der Waals surface area contributed by atoms with Crippen LogP contribution in [-0.4, -0.2) is 27.8 Å². The molecule has 2 rings (SSSR count). The number of H-pyrrole nitrogens is 1. The molecule has 0 bridgehead atoms. The van der Waals surface area contributed by atoms with Crippen LogP contribution in [-0.2, 0) is 9.53 Å². The van der Waals surface area contributed by atoms with Crippen molar-refractivity contribution in [2.75, 3.05) is 0 Å². The molecule has 0 aliphatic carbocycles. The van der Waals surface area contributed by atoms with Gasteiger partial charge in [0.25, 0.3) is 5.69 Å². The Morgan fingerprint density at radius 3 is 2.65 bits per heavy atom. The highest BCUT2D eigenvalue weighted by Gasteiger charge is 2.18. The maximum Gasteiger partial charge on any atom is 0.355 e. The molecule has 0 amide bonds. The van der Waals surface area contributed by atoms with E-state index in [1.54, 1.807) is 0 Å². The van der Waals surface area contributed by atoms with Gasteiger partial charge in [0.05, 0.1) is 4.92 Å². The summed E-state index contributed by atoms with van der Waals surface area (Å²) in [4.78, 5) is 35.8. The molecule has 0 aliphatic rings. The molecule has 0 spiro atoms.